The number of hydrogen-bond donors (Lipinski definition) is 2. The Hall–Kier alpha value is -0.800. The molecule has 0 saturated carbocycles. The molecule has 0 amide bonds. The van der Waals surface area contributed by atoms with E-state index in [0.29, 0.717) is 0 Å². The van der Waals surface area contributed by atoms with Crippen LogP contribution in [0.2, 0.25) is 0 Å². The van der Waals surface area contributed by atoms with E-state index in [4.69, 9.17) is 34.7 Å². The minimum absolute atomic E-state index is 0.745. The smallest absolute Gasteiger partial charge is 0.147 e. The molecule has 2 aromatic rings. The van der Waals surface area contributed by atoms with Crippen molar-refractivity contribution in [2.24, 2.45) is 11.5 Å². The Morgan fingerprint density at radius 3 is 2.38 bits per heavy atom. The Labute approximate surface area is 104 Å². The fourth-order valence-electron chi connectivity index (χ4n) is 1.71. The summed E-state index contributed by atoms with van der Waals surface area (Å²) in [6.45, 7) is 0. The zero-order valence-electron chi connectivity index (χ0n) is 8.53. The van der Waals surface area contributed by atoms with E-state index in [1.807, 2.05) is 42.5 Å². The maximum Gasteiger partial charge on any atom is 0.147 e. The van der Waals surface area contributed by atoms with Gasteiger partial charge < -0.3 is 11.5 Å². The van der Waals surface area contributed by atoms with Gasteiger partial charge in [0.05, 0.1) is 0 Å². The Kier molecular flexibility index (Phi) is 3.08. The molecule has 4 heteroatoms. The summed E-state index contributed by atoms with van der Waals surface area (Å²) < 4.78 is 0. The maximum absolute atomic E-state index is 6.20. The number of alkyl halides is 2. The summed E-state index contributed by atoms with van der Waals surface area (Å²) in [7, 11) is 0. The van der Waals surface area contributed by atoms with Crippen molar-refractivity contribution in [1.29, 1.82) is 0 Å². The van der Waals surface area contributed by atoms with Crippen LogP contribution >= 0.6 is 23.2 Å². The molecule has 84 valence electrons. The van der Waals surface area contributed by atoms with Crippen LogP contribution in [0.5, 0.6) is 0 Å². The number of halogens is 2. The van der Waals surface area contributed by atoms with Crippen LogP contribution in [0, 0.1) is 0 Å². The van der Waals surface area contributed by atoms with Crippen LogP contribution in [-0.4, -0.2) is 5.50 Å². The maximum atomic E-state index is 6.20. The molecule has 2 rings (SSSR count). The predicted molar refractivity (Wildman–Crippen MR) is 69.5 cm³/mol. The average Bonchev–Trinajstić information content (AvgIpc) is 2.28. The molecule has 2 atom stereocenters. The molecule has 0 heterocycles. The van der Waals surface area contributed by atoms with Gasteiger partial charge in [-0.25, -0.2) is 0 Å². The Bertz CT molecular complexity index is 504. The summed E-state index contributed by atoms with van der Waals surface area (Å²) in [6, 6.07) is 13.6. The zero-order chi connectivity index (χ0) is 11.8. The normalized spacial score (nSPS) is 17.0. The third-order valence-corrected chi connectivity index (χ3v) is 3.50. The van der Waals surface area contributed by atoms with Crippen molar-refractivity contribution in [2.45, 2.75) is 10.5 Å². The first-order chi connectivity index (χ1) is 7.53. The van der Waals surface area contributed by atoms with Gasteiger partial charge in [0.2, 0.25) is 0 Å². The van der Waals surface area contributed by atoms with Crippen molar-refractivity contribution in [3.8, 4) is 0 Å². The van der Waals surface area contributed by atoms with Gasteiger partial charge in [-0.3, -0.25) is 0 Å². The van der Waals surface area contributed by atoms with E-state index < -0.39 is 10.5 Å². The molecule has 0 spiro atoms. The van der Waals surface area contributed by atoms with E-state index >= 15 is 0 Å². The highest BCUT2D eigenvalue weighted by atomic mass is 35.5. The minimum atomic E-state index is -1.26. The SMILES string of the molecule is NC(Cl)C(N)(Cl)c1cccc2ccccc12. The number of rotatable bonds is 2. The van der Waals surface area contributed by atoms with Crippen LogP contribution in [0.15, 0.2) is 42.5 Å². The lowest BCUT2D eigenvalue weighted by Gasteiger charge is -2.26. The fraction of sp³-hybridized carbons (Fsp3) is 0.167. The molecule has 0 aliphatic rings. The zero-order valence-corrected chi connectivity index (χ0v) is 10.0. The lowest BCUT2D eigenvalue weighted by molar-refractivity contribution is 0.612. The quantitative estimate of drug-likeness (QED) is 0.640. The summed E-state index contributed by atoms with van der Waals surface area (Å²) in [6.07, 6.45) is 0. The van der Waals surface area contributed by atoms with Gasteiger partial charge in [-0.05, 0) is 16.3 Å². The Balaban J connectivity index is 2.70. The first-order valence-corrected chi connectivity index (χ1v) is 5.70. The van der Waals surface area contributed by atoms with E-state index in [2.05, 4.69) is 0 Å². The molecule has 0 aromatic heterocycles. The van der Waals surface area contributed by atoms with Crippen molar-refractivity contribution >= 4 is 34.0 Å². The number of hydrogen-bond acceptors (Lipinski definition) is 2. The van der Waals surface area contributed by atoms with Gasteiger partial charge in [0.15, 0.2) is 0 Å². The first-order valence-electron chi connectivity index (χ1n) is 4.89. The summed E-state index contributed by atoms with van der Waals surface area (Å²) >= 11 is 12.0. The molecule has 0 aliphatic carbocycles. The molecule has 2 nitrogen and oxygen atoms in total. The molecule has 4 N–H and O–H groups in total. The summed E-state index contributed by atoms with van der Waals surface area (Å²) in [5.41, 5.74) is 11.5. The van der Waals surface area contributed by atoms with Crippen LogP contribution in [0.4, 0.5) is 0 Å². The van der Waals surface area contributed by atoms with Crippen LogP contribution in [-0.2, 0) is 5.00 Å². The van der Waals surface area contributed by atoms with Crippen LogP contribution in [0.3, 0.4) is 0 Å². The van der Waals surface area contributed by atoms with Crippen LogP contribution in [0.25, 0.3) is 10.8 Å². The molecule has 2 aromatic carbocycles. The van der Waals surface area contributed by atoms with Gasteiger partial charge in [-0.2, -0.15) is 0 Å². The van der Waals surface area contributed by atoms with Crippen molar-refractivity contribution in [1.82, 2.24) is 0 Å². The predicted octanol–water partition coefficient (Wildman–Crippen LogP) is 2.71. The van der Waals surface area contributed by atoms with Gasteiger partial charge in [0.25, 0.3) is 0 Å². The van der Waals surface area contributed by atoms with E-state index in [-0.39, 0.29) is 0 Å². The van der Waals surface area contributed by atoms with E-state index in [1.54, 1.807) is 0 Å². The van der Waals surface area contributed by atoms with Crippen LogP contribution < -0.4 is 11.5 Å². The largest absolute Gasteiger partial charge is 0.312 e. The molecule has 0 fully saturated rings. The van der Waals surface area contributed by atoms with E-state index in [0.717, 1.165) is 16.3 Å². The standard InChI is InChI=1S/C12H12Cl2N2/c13-11(15)12(14,16)10-7-3-5-8-4-1-2-6-9(8)10/h1-7,11H,15-16H2. The lowest BCUT2D eigenvalue weighted by Crippen LogP contribution is -2.44. The van der Waals surface area contributed by atoms with Gasteiger partial charge in [0, 0.05) is 0 Å². The average molecular weight is 255 g/mol. The number of nitrogens with two attached hydrogens (primary N) is 2. The summed E-state index contributed by atoms with van der Waals surface area (Å²) in [4.78, 5) is -1.26. The van der Waals surface area contributed by atoms with Crippen molar-refractivity contribution in [3.63, 3.8) is 0 Å². The second-order valence-corrected chi connectivity index (χ2v) is 4.79. The van der Waals surface area contributed by atoms with Gasteiger partial charge >= 0.3 is 0 Å². The Morgan fingerprint density at radius 2 is 1.69 bits per heavy atom. The van der Waals surface area contributed by atoms with Gasteiger partial charge in [-0.1, -0.05) is 54.1 Å². The van der Waals surface area contributed by atoms with E-state index in [9.17, 15) is 0 Å². The second kappa shape index (κ2) is 4.22. The minimum Gasteiger partial charge on any atom is -0.312 e. The van der Waals surface area contributed by atoms with Crippen molar-refractivity contribution in [3.05, 3.63) is 48.0 Å². The van der Waals surface area contributed by atoms with Gasteiger partial charge in [0.1, 0.15) is 10.5 Å². The third kappa shape index (κ3) is 1.89. The Morgan fingerprint density at radius 1 is 1.06 bits per heavy atom. The summed E-state index contributed by atoms with van der Waals surface area (Å²) in [5, 5.41) is 2.03. The molecule has 0 bridgehead atoms. The molecular weight excluding hydrogens is 243 g/mol. The molecule has 0 radical (unpaired) electrons. The summed E-state index contributed by atoms with van der Waals surface area (Å²) in [5.74, 6) is 0. The van der Waals surface area contributed by atoms with E-state index in [1.165, 1.54) is 0 Å². The molecule has 16 heavy (non-hydrogen) atoms. The highest BCUT2D eigenvalue weighted by Gasteiger charge is 2.32. The highest BCUT2D eigenvalue weighted by molar-refractivity contribution is 6.32. The van der Waals surface area contributed by atoms with Crippen LogP contribution in [0.1, 0.15) is 5.56 Å². The number of benzene rings is 2. The highest BCUT2D eigenvalue weighted by Crippen LogP contribution is 2.33. The third-order valence-electron chi connectivity index (χ3n) is 2.60. The molecule has 0 aliphatic heterocycles. The monoisotopic (exact) mass is 254 g/mol. The molecule has 2 unspecified atom stereocenters. The lowest BCUT2D eigenvalue weighted by atomic mass is 9.99. The van der Waals surface area contributed by atoms with Crippen molar-refractivity contribution in [2.75, 3.05) is 0 Å². The van der Waals surface area contributed by atoms with Gasteiger partial charge in [-0.15, -0.1) is 11.6 Å². The second-order valence-electron chi connectivity index (χ2n) is 3.70. The fourth-order valence-corrected chi connectivity index (χ4v) is 1.99. The van der Waals surface area contributed by atoms with Crippen molar-refractivity contribution < 1.29 is 0 Å². The molecular formula is C12H12Cl2N2. The first kappa shape index (κ1) is 11.7. The number of fused-ring (bicyclic) bond motifs is 1. The topological polar surface area (TPSA) is 52.0 Å². The molecule has 0 saturated heterocycles.